The van der Waals surface area contributed by atoms with Crippen molar-refractivity contribution in [2.45, 2.75) is 51.5 Å². The van der Waals surface area contributed by atoms with Crippen molar-refractivity contribution in [3.8, 4) is 0 Å². The molecule has 2 heterocycles. The Labute approximate surface area is 136 Å². The minimum Gasteiger partial charge on any atom is -0.390 e. The molecule has 122 valence electrons. The molecule has 7 atom stereocenters. The number of aliphatic hydroxyl groups is 1. The Morgan fingerprint density at radius 3 is 2.83 bits per heavy atom. The van der Waals surface area contributed by atoms with Gasteiger partial charge in [0.05, 0.1) is 18.1 Å². The molecule has 2 saturated heterocycles. The molecule has 0 aromatic heterocycles. The molecule has 1 N–H and O–H groups in total. The van der Waals surface area contributed by atoms with Crippen LogP contribution in [0.15, 0.2) is 18.2 Å². The Kier molecular flexibility index (Phi) is 2.54. The number of fused-ring (bicyclic) bond motifs is 2. The van der Waals surface area contributed by atoms with Crippen molar-refractivity contribution in [2.24, 2.45) is 23.7 Å². The molecule has 2 saturated carbocycles. The lowest BCUT2D eigenvalue weighted by Gasteiger charge is -2.39. The Morgan fingerprint density at radius 2 is 2.13 bits per heavy atom. The fourth-order valence-corrected chi connectivity index (χ4v) is 6.14. The number of carbonyl (C=O) groups excluding carboxylic acids is 1. The van der Waals surface area contributed by atoms with Gasteiger partial charge in [0, 0.05) is 11.6 Å². The first-order valence-electron chi connectivity index (χ1n) is 8.77. The third kappa shape index (κ3) is 1.39. The third-order valence-corrected chi connectivity index (χ3v) is 6.90. The number of aryl methyl sites for hydroxylation is 2. The number of aliphatic hydroxyl groups excluding tert-OH is 1. The molecule has 23 heavy (non-hydrogen) atoms. The second kappa shape index (κ2) is 4.17. The molecule has 4 heteroatoms. The third-order valence-electron chi connectivity index (χ3n) is 6.90. The summed E-state index contributed by atoms with van der Waals surface area (Å²) in [6.45, 7) is 6.24. The number of nitrogens with zero attached hydrogens (tertiary/aromatic N) is 1. The van der Waals surface area contributed by atoms with Gasteiger partial charge in [0.1, 0.15) is 0 Å². The summed E-state index contributed by atoms with van der Waals surface area (Å²) >= 11 is 0. The lowest BCUT2D eigenvalue weighted by molar-refractivity contribution is -0.133. The van der Waals surface area contributed by atoms with Gasteiger partial charge in [0.15, 0.2) is 5.72 Å². The SMILES string of the molecule is CC[C@]12O[C@@H]3[C@H](O)[C@H]4C[C@H]3[C@@H]1[C@@H]4C(=O)N2c1ccc(C)cc1C. The molecule has 1 aromatic carbocycles. The summed E-state index contributed by atoms with van der Waals surface area (Å²) in [4.78, 5) is 15.2. The number of rotatable bonds is 2. The van der Waals surface area contributed by atoms with Gasteiger partial charge in [-0.3, -0.25) is 9.69 Å². The average Bonchev–Trinajstić information content (AvgIpc) is 3.17. The van der Waals surface area contributed by atoms with E-state index in [0.717, 1.165) is 24.1 Å². The molecule has 4 nitrogen and oxygen atoms in total. The van der Waals surface area contributed by atoms with Crippen LogP contribution in [0.3, 0.4) is 0 Å². The van der Waals surface area contributed by atoms with E-state index in [2.05, 4.69) is 39.0 Å². The number of carbonyl (C=O) groups is 1. The van der Waals surface area contributed by atoms with Crippen molar-refractivity contribution in [3.63, 3.8) is 0 Å². The molecular weight excluding hydrogens is 290 g/mol. The Hall–Kier alpha value is -1.39. The van der Waals surface area contributed by atoms with Gasteiger partial charge >= 0.3 is 0 Å². The topological polar surface area (TPSA) is 49.8 Å². The van der Waals surface area contributed by atoms with Crippen LogP contribution >= 0.6 is 0 Å². The van der Waals surface area contributed by atoms with Gasteiger partial charge in [-0.05, 0) is 50.2 Å². The highest BCUT2D eigenvalue weighted by Crippen LogP contribution is 2.68. The molecule has 2 aliphatic carbocycles. The van der Waals surface area contributed by atoms with Gasteiger partial charge in [-0.2, -0.15) is 0 Å². The molecule has 1 amide bonds. The van der Waals surface area contributed by atoms with Crippen LogP contribution < -0.4 is 4.90 Å². The summed E-state index contributed by atoms with van der Waals surface area (Å²) < 4.78 is 6.46. The molecule has 4 aliphatic rings. The minimum absolute atomic E-state index is 0.0607. The van der Waals surface area contributed by atoms with Crippen LogP contribution in [-0.4, -0.2) is 28.9 Å². The summed E-state index contributed by atoms with van der Waals surface area (Å²) in [7, 11) is 0. The Balaban J connectivity index is 1.69. The first-order valence-corrected chi connectivity index (χ1v) is 8.77. The van der Waals surface area contributed by atoms with Gasteiger partial charge in [0.25, 0.3) is 0 Å². The van der Waals surface area contributed by atoms with Crippen LogP contribution in [0.1, 0.15) is 30.9 Å². The summed E-state index contributed by atoms with van der Waals surface area (Å²) in [5, 5.41) is 10.5. The summed E-state index contributed by atoms with van der Waals surface area (Å²) in [5.74, 6) is 0.786. The van der Waals surface area contributed by atoms with Crippen LogP contribution in [0.5, 0.6) is 0 Å². The monoisotopic (exact) mass is 313 g/mol. The van der Waals surface area contributed by atoms with E-state index in [4.69, 9.17) is 4.74 Å². The minimum atomic E-state index is -0.552. The van der Waals surface area contributed by atoms with E-state index in [9.17, 15) is 9.90 Å². The van der Waals surface area contributed by atoms with E-state index in [1.807, 2.05) is 4.90 Å². The van der Waals surface area contributed by atoms with Crippen LogP contribution in [0.25, 0.3) is 0 Å². The predicted octanol–water partition coefficient (Wildman–Crippen LogP) is 2.40. The molecule has 5 rings (SSSR count). The Morgan fingerprint density at radius 1 is 1.35 bits per heavy atom. The highest BCUT2D eigenvalue weighted by molar-refractivity contribution is 6.01. The van der Waals surface area contributed by atoms with E-state index in [-0.39, 0.29) is 29.8 Å². The first-order chi connectivity index (χ1) is 11.0. The second-order valence-corrected chi connectivity index (χ2v) is 7.85. The smallest absolute Gasteiger partial charge is 0.233 e. The zero-order valence-corrected chi connectivity index (χ0v) is 13.8. The average molecular weight is 313 g/mol. The lowest BCUT2D eigenvalue weighted by Crippen LogP contribution is -2.51. The van der Waals surface area contributed by atoms with Gasteiger partial charge in [-0.1, -0.05) is 24.6 Å². The number of amides is 1. The largest absolute Gasteiger partial charge is 0.390 e. The zero-order chi connectivity index (χ0) is 16.1. The molecule has 2 aliphatic heterocycles. The number of hydrogen-bond acceptors (Lipinski definition) is 3. The van der Waals surface area contributed by atoms with Crippen molar-refractivity contribution in [3.05, 3.63) is 29.3 Å². The van der Waals surface area contributed by atoms with Gasteiger partial charge in [-0.15, -0.1) is 0 Å². The maximum Gasteiger partial charge on any atom is 0.233 e. The lowest BCUT2D eigenvalue weighted by atomic mass is 9.76. The molecule has 1 aromatic rings. The molecule has 0 radical (unpaired) electrons. The molecular formula is C19H23NO3. The van der Waals surface area contributed by atoms with Crippen molar-refractivity contribution in [1.82, 2.24) is 0 Å². The fourth-order valence-electron chi connectivity index (χ4n) is 6.14. The predicted molar refractivity (Wildman–Crippen MR) is 85.9 cm³/mol. The zero-order valence-electron chi connectivity index (χ0n) is 13.8. The van der Waals surface area contributed by atoms with E-state index < -0.39 is 11.8 Å². The maximum atomic E-state index is 13.3. The number of hydrogen-bond donors (Lipinski definition) is 1. The van der Waals surface area contributed by atoms with Crippen molar-refractivity contribution in [2.75, 3.05) is 4.90 Å². The number of benzene rings is 1. The van der Waals surface area contributed by atoms with Gasteiger partial charge in [0.2, 0.25) is 5.91 Å². The standard InChI is InChI=1S/C19H23NO3/c1-4-19-15-12-8-11(16(21)17(12)23-19)14(15)18(22)20(19)13-6-5-9(2)7-10(13)3/h5-7,11-12,14-17,21H,4,8H2,1-3H3/t11-,12-,14+,15+,16+,17-,19-/m0/s1. The molecule has 0 unspecified atom stereocenters. The maximum absolute atomic E-state index is 13.3. The molecule has 0 spiro atoms. The number of anilines is 1. The van der Waals surface area contributed by atoms with E-state index >= 15 is 0 Å². The van der Waals surface area contributed by atoms with Crippen molar-refractivity contribution < 1.29 is 14.6 Å². The van der Waals surface area contributed by atoms with E-state index in [1.165, 1.54) is 5.56 Å². The van der Waals surface area contributed by atoms with Gasteiger partial charge < -0.3 is 9.84 Å². The highest BCUT2D eigenvalue weighted by atomic mass is 16.6. The van der Waals surface area contributed by atoms with Crippen LogP contribution in [0.2, 0.25) is 0 Å². The summed E-state index contributed by atoms with van der Waals surface area (Å²) in [5.41, 5.74) is 2.74. The first kappa shape index (κ1) is 14.0. The second-order valence-electron chi connectivity index (χ2n) is 7.85. The van der Waals surface area contributed by atoms with Crippen LogP contribution in [0, 0.1) is 37.5 Å². The van der Waals surface area contributed by atoms with E-state index in [1.54, 1.807) is 0 Å². The van der Waals surface area contributed by atoms with Crippen LogP contribution in [0.4, 0.5) is 5.69 Å². The molecule has 4 fully saturated rings. The van der Waals surface area contributed by atoms with Crippen molar-refractivity contribution >= 4 is 11.6 Å². The Bertz CT molecular complexity index is 717. The fraction of sp³-hybridized carbons (Fsp3) is 0.632. The van der Waals surface area contributed by atoms with Crippen molar-refractivity contribution in [1.29, 1.82) is 0 Å². The van der Waals surface area contributed by atoms with E-state index in [0.29, 0.717) is 5.92 Å². The molecule has 2 bridgehead atoms. The summed E-state index contributed by atoms with van der Waals surface area (Å²) in [6, 6.07) is 6.25. The quantitative estimate of drug-likeness (QED) is 0.912. The van der Waals surface area contributed by atoms with Crippen LogP contribution in [-0.2, 0) is 9.53 Å². The summed E-state index contributed by atoms with van der Waals surface area (Å²) in [6.07, 6.45) is 1.19. The highest BCUT2D eigenvalue weighted by Gasteiger charge is 2.78. The normalized spacial score (nSPS) is 46.3. The van der Waals surface area contributed by atoms with Gasteiger partial charge in [-0.25, -0.2) is 0 Å². The number of ether oxygens (including phenoxy) is 1.